The fraction of sp³-hybridized carbons (Fsp3) is 0.359. The molecule has 260 valence electrons. The maximum absolute atomic E-state index is 13.8. The van der Waals surface area contributed by atoms with Crippen LogP contribution in [0.2, 0.25) is 0 Å². The Hall–Kier alpha value is -5.45. The van der Waals surface area contributed by atoms with Gasteiger partial charge in [-0.15, -0.1) is 0 Å². The quantitative estimate of drug-likeness (QED) is 0.190. The van der Waals surface area contributed by atoms with Crippen LogP contribution in [0.3, 0.4) is 0 Å². The number of benzene rings is 3. The molecule has 1 aromatic heterocycles. The number of carbonyl (C=O) groups is 4. The number of amides is 3. The van der Waals surface area contributed by atoms with Crippen LogP contribution in [0, 0.1) is 19.3 Å². The summed E-state index contributed by atoms with van der Waals surface area (Å²) < 4.78 is 14.3. The third kappa shape index (κ3) is 8.22. The van der Waals surface area contributed by atoms with E-state index in [9.17, 15) is 19.2 Å². The molecule has 1 saturated carbocycles. The highest BCUT2D eigenvalue weighted by atomic mass is 16.5. The second-order valence-corrected chi connectivity index (χ2v) is 13.4. The summed E-state index contributed by atoms with van der Waals surface area (Å²) in [6.07, 6.45) is 6.74. The molecular weight excluding hydrogens is 634 g/mol. The minimum Gasteiger partial charge on any atom is -0.493 e. The Bertz CT molecular complexity index is 1910. The Labute approximate surface area is 291 Å². The van der Waals surface area contributed by atoms with Crippen molar-refractivity contribution in [2.24, 2.45) is 5.41 Å². The van der Waals surface area contributed by atoms with E-state index in [1.807, 2.05) is 54.4 Å². The third-order valence-corrected chi connectivity index (χ3v) is 9.33. The van der Waals surface area contributed by atoms with Crippen molar-refractivity contribution in [2.45, 2.75) is 53.0 Å². The highest BCUT2D eigenvalue weighted by Gasteiger charge is 2.48. The Morgan fingerprint density at radius 3 is 2.58 bits per heavy atom. The van der Waals surface area contributed by atoms with Gasteiger partial charge in [-0.25, -0.2) is 0 Å². The standard InChI is InChI=1S/C39H43N5O6/c1-26-8-4-13-34(28(26)3)49-17-7-14-36(47)44-24-39(15-16-39)25-50-37-32(11-6-12-33(37)44)31-20-42-43(23-31)22-29-9-5-10-30(18-29)38(48)41-21-35(46)40-19-27(2)45/h4-6,8-13,18,20,23H,7,14-17,19,21-22,24-25H2,1-3H3,(H,40,46)(H,41,48). The molecular formula is C39H43N5O6. The van der Waals surface area contributed by atoms with E-state index in [2.05, 4.69) is 28.7 Å². The molecule has 0 bridgehead atoms. The zero-order valence-electron chi connectivity index (χ0n) is 28.8. The first-order valence-electron chi connectivity index (χ1n) is 17.0. The second-order valence-electron chi connectivity index (χ2n) is 13.4. The Balaban J connectivity index is 1.12. The molecule has 11 heteroatoms. The number of Topliss-reactive ketones (excluding diaryl/α,β-unsaturated/α-hetero) is 1. The van der Waals surface area contributed by atoms with E-state index in [0.717, 1.165) is 46.5 Å². The van der Waals surface area contributed by atoms with E-state index >= 15 is 0 Å². The molecule has 1 spiro atoms. The molecule has 1 aliphatic heterocycles. The molecule has 0 saturated heterocycles. The van der Waals surface area contributed by atoms with Gasteiger partial charge in [0.15, 0.2) is 5.75 Å². The van der Waals surface area contributed by atoms with Gasteiger partial charge in [0.2, 0.25) is 11.8 Å². The van der Waals surface area contributed by atoms with Crippen molar-refractivity contribution in [1.29, 1.82) is 0 Å². The lowest BCUT2D eigenvalue weighted by atomic mass is 10.1. The van der Waals surface area contributed by atoms with Gasteiger partial charge in [0.25, 0.3) is 5.91 Å². The Kier molecular flexibility index (Phi) is 10.3. The minimum absolute atomic E-state index is 0.0268. The summed E-state index contributed by atoms with van der Waals surface area (Å²) in [5, 5.41) is 9.64. The summed E-state index contributed by atoms with van der Waals surface area (Å²) in [6, 6.07) is 19.0. The van der Waals surface area contributed by atoms with Crippen molar-refractivity contribution in [3.05, 3.63) is 95.3 Å². The normalized spacial score (nSPS) is 14.3. The van der Waals surface area contributed by atoms with Crippen LogP contribution in [0.5, 0.6) is 11.5 Å². The molecule has 4 aromatic rings. The van der Waals surface area contributed by atoms with Gasteiger partial charge in [0, 0.05) is 41.3 Å². The zero-order valence-corrected chi connectivity index (χ0v) is 28.8. The molecule has 0 radical (unpaired) electrons. The Morgan fingerprint density at radius 1 is 0.980 bits per heavy atom. The van der Waals surface area contributed by atoms with Gasteiger partial charge in [-0.3, -0.25) is 23.9 Å². The number of nitrogens with one attached hydrogen (secondary N) is 2. The molecule has 3 amide bonds. The third-order valence-electron chi connectivity index (χ3n) is 9.33. The first-order chi connectivity index (χ1) is 24.1. The van der Waals surface area contributed by atoms with Crippen LogP contribution in [0.1, 0.15) is 59.7 Å². The lowest BCUT2D eigenvalue weighted by molar-refractivity contribution is -0.123. The van der Waals surface area contributed by atoms with Crippen LogP contribution in [0.25, 0.3) is 11.1 Å². The van der Waals surface area contributed by atoms with Gasteiger partial charge >= 0.3 is 0 Å². The van der Waals surface area contributed by atoms with E-state index in [4.69, 9.17) is 9.47 Å². The van der Waals surface area contributed by atoms with Crippen LogP contribution in [-0.4, -0.2) is 66.1 Å². The van der Waals surface area contributed by atoms with Crippen LogP contribution in [-0.2, 0) is 20.9 Å². The number of para-hydroxylation sites is 1. The molecule has 0 atom stereocenters. The lowest BCUT2D eigenvalue weighted by Crippen LogP contribution is -2.38. The number of anilines is 1. The maximum Gasteiger partial charge on any atom is 0.251 e. The average molecular weight is 678 g/mol. The average Bonchev–Trinajstić information content (AvgIpc) is 3.77. The van der Waals surface area contributed by atoms with E-state index in [1.165, 1.54) is 12.5 Å². The first-order valence-corrected chi connectivity index (χ1v) is 17.0. The first kappa shape index (κ1) is 34.4. The summed E-state index contributed by atoms with van der Waals surface area (Å²) in [6.45, 7) is 7.24. The number of carbonyl (C=O) groups excluding carboxylic acids is 4. The molecule has 1 fully saturated rings. The van der Waals surface area contributed by atoms with E-state index in [-0.39, 0.29) is 30.2 Å². The van der Waals surface area contributed by atoms with Gasteiger partial charge in [0.1, 0.15) is 11.5 Å². The van der Waals surface area contributed by atoms with Crippen molar-refractivity contribution < 1.29 is 28.7 Å². The van der Waals surface area contributed by atoms with E-state index in [1.54, 1.807) is 29.1 Å². The minimum atomic E-state index is -0.435. The summed E-state index contributed by atoms with van der Waals surface area (Å²) in [5.74, 6) is 0.601. The summed E-state index contributed by atoms with van der Waals surface area (Å²) in [7, 11) is 0. The fourth-order valence-electron chi connectivity index (χ4n) is 6.07. The number of aromatic nitrogens is 2. The van der Waals surface area contributed by atoms with Crippen molar-refractivity contribution >= 4 is 29.2 Å². The van der Waals surface area contributed by atoms with Gasteiger partial charge in [-0.2, -0.15) is 5.10 Å². The number of fused-ring (bicyclic) bond motifs is 1. The van der Waals surface area contributed by atoms with E-state index < -0.39 is 11.8 Å². The predicted octanol–water partition coefficient (Wildman–Crippen LogP) is 5.02. The monoisotopic (exact) mass is 677 g/mol. The molecule has 11 nitrogen and oxygen atoms in total. The number of hydrogen-bond acceptors (Lipinski definition) is 7. The molecule has 2 heterocycles. The van der Waals surface area contributed by atoms with Crippen LogP contribution >= 0.6 is 0 Å². The number of hydrogen-bond donors (Lipinski definition) is 2. The highest BCUT2D eigenvalue weighted by Crippen LogP contribution is 2.52. The summed E-state index contributed by atoms with van der Waals surface area (Å²) in [5.41, 5.74) is 6.02. The van der Waals surface area contributed by atoms with Gasteiger partial charge in [-0.1, -0.05) is 36.4 Å². The zero-order chi connectivity index (χ0) is 35.3. The molecule has 50 heavy (non-hydrogen) atoms. The fourth-order valence-corrected chi connectivity index (χ4v) is 6.07. The summed E-state index contributed by atoms with van der Waals surface area (Å²) in [4.78, 5) is 51.3. The largest absolute Gasteiger partial charge is 0.493 e. The SMILES string of the molecule is CC(=O)CNC(=O)CNC(=O)c1cccc(Cn2cc(-c3cccc4c3OCC3(CC3)CN4C(=O)CCCOc3cccc(C)c3C)cn2)c1. The topological polar surface area (TPSA) is 132 Å². The van der Waals surface area contributed by atoms with Gasteiger partial charge in [0.05, 0.1) is 44.7 Å². The highest BCUT2D eigenvalue weighted by molar-refractivity contribution is 5.98. The molecule has 6 rings (SSSR count). The smallest absolute Gasteiger partial charge is 0.251 e. The Morgan fingerprint density at radius 2 is 1.78 bits per heavy atom. The van der Waals surface area contributed by atoms with Gasteiger partial charge in [-0.05, 0) is 81.0 Å². The number of nitrogens with zero attached hydrogens (tertiary/aromatic N) is 3. The second kappa shape index (κ2) is 15.0. The number of ether oxygens (including phenoxy) is 2. The maximum atomic E-state index is 13.8. The van der Waals surface area contributed by atoms with Crippen LogP contribution in [0.4, 0.5) is 5.69 Å². The van der Waals surface area contributed by atoms with Crippen LogP contribution < -0.4 is 25.0 Å². The predicted molar refractivity (Wildman–Crippen MR) is 189 cm³/mol. The van der Waals surface area contributed by atoms with E-state index in [0.29, 0.717) is 50.5 Å². The molecule has 2 aliphatic rings. The van der Waals surface area contributed by atoms with Crippen LogP contribution in [0.15, 0.2) is 73.1 Å². The lowest BCUT2D eigenvalue weighted by Gasteiger charge is -2.25. The molecule has 1 aliphatic carbocycles. The van der Waals surface area contributed by atoms with Crippen molar-refractivity contribution in [2.75, 3.05) is 37.7 Å². The molecule has 2 N–H and O–H groups in total. The number of aryl methyl sites for hydroxylation is 1. The van der Waals surface area contributed by atoms with Crippen molar-refractivity contribution in [1.82, 2.24) is 20.4 Å². The summed E-state index contributed by atoms with van der Waals surface area (Å²) >= 11 is 0. The molecule has 0 unspecified atom stereocenters. The van der Waals surface area contributed by atoms with Gasteiger partial charge < -0.3 is 25.0 Å². The van der Waals surface area contributed by atoms with Crippen molar-refractivity contribution in [3.8, 4) is 22.6 Å². The van der Waals surface area contributed by atoms with Crippen molar-refractivity contribution in [3.63, 3.8) is 0 Å². The number of ketones is 1. The number of rotatable bonds is 13. The molecule has 3 aromatic carbocycles.